The minimum absolute atomic E-state index is 0.0948. The lowest BCUT2D eigenvalue weighted by atomic mass is 10.0. The first kappa shape index (κ1) is 20.6. The fraction of sp³-hybridized carbons (Fsp3) is 0.200. The molecule has 0 N–H and O–H groups in total. The van der Waals surface area contributed by atoms with E-state index in [1.54, 1.807) is 4.90 Å². The number of thiocarbonyl (C=S) groups is 1. The van der Waals surface area contributed by atoms with E-state index in [0.717, 1.165) is 39.8 Å². The van der Waals surface area contributed by atoms with E-state index < -0.39 is 0 Å². The van der Waals surface area contributed by atoms with Gasteiger partial charge in [0.1, 0.15) is 5.75 Å². The minimum Gasteiger partial charge on any atom is -0.493 e. The van der Waals surface area contributed by atoms with Crippen LogP contribution in [0.1, 0.15) is 30.0 Å². The van der Waals surface area contributed by atoms with Crippen LogP contribution in [0.4, 0.5) is 5.69 Å². The van der Waals surface area contributed by atoms with Crippen LogP contribution in [0.3, 0.4) is 0 Å². The van der Waals surface area contributed by atoms with Gasteiger partial charge in [-0.05, 0) is 66.4 Å². The predicted octanol–water partition coefficient (Wildman–Crippen LogP) is 6.65. The molecule has 0 atom stereocenters. The number of rotatable bonds is 5. The summed E-state index contributed by atoms with van der Waals surface area (Å²) in [6.45, 7) is 6.81. The lowest BCUT2D eigenvalue weighted by molar-refractivity contribution is -0.113. The molecule has 0 aliphatic carbocycles. The van der Waals surface area contributed by atoms with Crippen LogP contribution in [-0.4, -0.2) is 16.8 Å². The predicted molar refractivity (Wildman–Crippen MR) is 131 cm³/mol. The summed E-state index contributed by atoms with van der Waals surface area (Å²) < 4.78 is 6.54. The van der Waals surface area contributed by atoms with Gasteiger partial charge in [-0.25, -0.2) is 0 Å². The molecule has 1 heterocycles. The van der Waals surface area contributed by atoms with Crippen molar-refractivity contribution in [2.75, 3.05) is 11.5 Å². The summed E-state index contributed by atoms with van der Waals surface area (Å²) in [4.78, 5) is 15.5. The highest BCUT2D eigenvalue weighted by molar-refractivity contribution is 8.27. The second-order valence-corrected chi connectivity index (χ2v) is 9.01. The maximum Gasteiger partial charge on any atom is 0.270 e. The molecular formula is C25H23NO2S2. The molecular weight excluding hydrogens is 410 g/mol. The zero-order valence-electron chi connectivity index (χ0n) is 17.3. The summed E-state index contributed by atoms with van der Waals surface area (Å²) in [5, 5.41) is 2.17. The average Bonchev–Trinajstić information content (AvgIpc) is 3.02. The summed E-state index contributed by atoms with van der Waals surface area (Å²) >= 11 is 6.90. The molecule has 0 spiro atoms. The van der Waals surface area contributed by atoms with Crippen LogP contribution in [0.2, 0.25) is 0 Å². The van der Waals surface area contributed by atoms with Crippen LogP contribution in [-0.2, 0) is 4.79 Å². The zero-order chi connectivity index (χ0) is 21.3. The van der Waals surface area contributed by atoms with Crippen molar-refractivity contribution >= 4 is 56.7 Å². The average molecular weight is 434 g/mol. The number of carbonyl (C=O) groups excluding carboxylic acids is 1. The van der Waals surface area contributed by atoms with Crippen LogP contribution in [0.15, 0.2) is 59.5 Å². The number of ether oxygens (including phenoxy) is 1. The molecule has 0 bridgehead atoms. The molecule has 0 saturated carbocycles. The quantitative estimate of drug-likeness (QED) is 0.333. The molecule has 3 aromatic carbocycles. The van der Waals surface area contributed by atoms with Gasteiger partial charge in [0.15, 0.2) is 4.32 Å². The van der Waals surface area contributed by atoms with Gasteiger partial charge in [0, 0.05) is 5.56 Å². The first-order chi connectivity index (χ1) is 14.5. The van der Waals surface area contributed by atoms with Crippen LogP contribution in [0.25, 0.3) is 16.8 Å². The van der Waals surface area contributed by atoms with Crippen molar-refractivity contribution in [1.29, 1.82) is 0 Å². The Labute approximate surface area is 186 Å². The van der Waals surface area contributed by atoms with Crippen molar-refractivity contribution in [3.63, 3.8) is 0 Å². The normalized spacial score (nSPS) is 15.4. The first-order valence-corrected chi connectivity index (χ1v) is 11.2. The summed E-state index contributed by atoms with van der Waals surface area (Å²) in [5.41, 5.74) is 4.05. The molecule has 0 radical (unpaired) electrons. The van der Waals surface area contributed by atoms with Gasteiger partial charge in [-0.15, -0.1) is 0 Å². The van der Waals surface area contributed by atoms with Crippen molar-refractivity contribution < 1.29 is 9.53 Å². The van der Waals surface area contributed by atoms with E-state index in [4.69, 9.17) is 17.0 Å². The maximum absolute atomic E-state index is 13.3. The molecule has 30 heavy (non-hydrogen) atoms. The van der Waals surface area contributed by atoms with Crippen LogP contribution in [0.5, 0.6) is 5.75 Å². The Bertz CT molecular complexity index is 1180. The number of hydrogen-bond acceptors (Lipinski definition) is 4. The molecule has 1 fully saturated rings. The SMILES string of the molecule is CCCOc1ccc2ccccc2c1/C=C1/SC(=S)N(c2ccc(C)c(C)c2)C1=O. The van der Waals surface area contributed by atoms with Crippen LogP contribution < -0.4 is 9.64 Å². The van der Waals surface area contributed by atoms with E-state index in [1.807, 2.05) is 49.4 Å². The highest BCUT2D eigenvalue weighted by atomic mass is 32.2. The van der Waals surface area contributed by atoms with Gasteiger partial charge >= 0.3 is 0 Å². The number of amides is 1. The van der Waals surface area contributed by atoms with Crippen molar-refractivity contribution in [1.82, 2.24) is 0 Å². The smallest absolute Gasteiger partial charge is 0.270 e. The first-order valence-electron chi connectivity index (χ1n) is 9.99. The van der Waals surface area contributed by atoms with Gasteiger partial charge in [-0.2, -0.15) is 0 Å². The van der Waals surface area contributed by atoms with Crippen molar-refractivity contribution in [2.24, 2.45) is 0 Å². The number of hydrogen-bond donors (Lipinski definition) is 0. The van der Waals surface area contributed by atoms with Crippen molar-refractivity contribution in [3.05, 3.63) is 76.2 Å². The third kappa shape index (κ3) is 3.87. The fourth-order valence-corrected chi connectivity index (χ4v) is 4.73. The molecule has 1 saturated heterocycles. The van der Waals surface area contributed by atoms with E-state index in [-0.39, 0.29) is 5.91 Å². The van der Waals surface area contributed by atoms with Crippen molar-refractivity contribution in [3.8, 4) is 5.75 Å². The lowest BCUT2D eigenvalue weighted by Crippen LogP contribution is -2.27. The fourth-order valence-electron chi connectivity index (χ4n) is 3.45. The summed E-state index contributed by atoms with van der Waals surface area (Å²) in [6, 6.07) is 18.2. The van der Waals surface area contributed by atoms with E-state index in [1.165, 1.54) is 17.3 Å². The molecule has 152 valence electrons. The molecule has 0 aromatic heterocycles. The Morgan fingerprint density at radius 1 is 1.07 bits per heavy atom. The Morgan fingerprint density at radius 2 is 1.87 bits per heavy atom. The number of benzene rings is 3. The Morgan fingerprint density at radius 3 is 2.63 bits per heavy atom. The number of anilines is 1. The van der Waals surface area contributed by atoms with Gasteiger partial charge in [0.2, 0.25) is 0 Å². The summed E-state index contributed by atoms with van der Waals surface area (Å²) in [6.07, 6.45) is 2.84. The lowest BCUT2D eigenvalue weighted by Gasteiger charge is -2.16. The second-order valence-electron chi connectivity index (χ2n) is 7.33. The van der Waals surface area contributed by atoms with Gasteiger partial charge in [-0.1, -0.05) is 67.3 Å². The Hall–Kier alpha value is -2.63. The van der Waals surface area contributed by atoms with E-state index in [9.17, 15) is 4.79 Å². The van der Waals surface area contributed by atoms with Gasteiger partial charge < -0.3 is 4.74 Å². The molecule has 1 aliphatic rings. The molecule has 5 heteroatoms. The third-order valence-corrected chi connectivity index (χ3v) is 6.51. The van der Waals surface area contributed by atoms with Crippen LogP contribution >= 0.6 is 24.0 Å². The Kier molecular flexibility index (Phi) is 5.93. The summed E-state index contributed by atoms with van der Waals surface area (Å²) in [5.74, 6) is 0.689. The van der Waals surface area contributed by atoms with Crippen molar-refractivity contribution in [2.45, 2.75) is 27.2 Å². The zero-order valence-corrected chi connectivity index (χ0v) is 18.9. The summed E-state index contributed by atoms with van der Waals surface area (Å²) in [7, 11) is 0. The molecule has 3 aromatic rings. The number of carbonyl (C=O) groups is 1. The van der Waals surface area contributed by atoms with Gasteiger partial charge in [0.25, 0.3) is 5.91 Å². The number of nitrogens with zero attached hydrogens (tertiary/aromatic N) is 1. The second kappa shape index (κ2) is 8.62. The number of aryl methyl sites for hydroxylation is 2. The van der Waals surface area contributed by atoms with Crippen LogP contribution in [0, 0.1) is 13.8 Å². The highest BCUT2D eigenvalue weighted by Crippen LogP contribution is 2.39. The van der Waals surface area contributed by atoms with E-state index >= 15 is 0 Å². The molecule has 1 amide bonds. The molecule has 1 aliphatic heterocycles. The Balaban J connectivity index is 1.78. The molecule has 0 unspecified atom stereocenters. The standard InChI is InChI=1S/C25H23NO2S2/c1-4-13-28-22-12-10-18-7-5-6-8-20(18)21(22)15-23-24(27)26(25(29)30-23)19-11-9-16(2)17(3)14-19/h5-12,14-15H,4,13H2,1-3H3/b23-15+. The van der Waals surface area contributed by atoms with Gasteiger partial charge in [-0.3, -0.25) is 9.69 Å². The number of thioether (sulfide) groups is 1. The molecule has 3 nitrogen and oxygen atoms in total. The maximum atomic E-state index is 13.3. The van der Waals surface area contributed by atoms with Gasteiger partial charge in [0.05, 0.1) is 17.2 Å². The monoisotopic (exact) mass is 433 g/mol. The number of fused-ring (bicyclic) bond motifs is 1. The topological polar surface area (TPSA) is 29.5 Å². The largest absolute Gasteiger partial charge is 0.493 e. The van der Waals surface area contributed by atoms with E-state index in [0.29, 0.717) is 15.8 Å². The molecule has 4 rings (SSSR count). The van der Waals surface area contributed by atoms with E-state index in [2.05, 4.69) is 32.0 Å². The third-order valence-electron chi connectivity index (χ3n) is 5.21. The minimum atomic E-state index is -0.0948. The highest BCUT2D eigenvalue weighted by Gasteiger charge is 2.33.